The van der Waals surface area contributed by atoms with Crippen LogP contribution in [0.15, 0.2) is 6.08 Å². The predicted molar refractivity (Wildman–Crippen MR) is 29.4 cm³/mol. The SMILES string of the molecule is CC1C=[C]SC1. The van der Waals surface area contributed by atoms with Crippen molar-refractivity contribution >= 4 is 11.8 Å². The molecule has 1 rings (SSSR count). The van der Waals surface area contributed by atoms with Gasteiger partial charge < -0.3 is 0 Å². The van der Waals surface area contributed by atoms with E-state index >= 15 is 0 Å². The van der Waals surface area contributed by atoms with Gasteiger partial charge in [-0.1, -0.05) is 13.0 Å². The summed E-state index contributed by atoms with van der Waals surface area (Å²) in [7, 11) is 0. The summed E-state index contributed by atoms with van der Waals surface area (Å²) in [6.07, 6.45) is 2.12. The van der Waals surface area contributed by atoms with Crippen LogP contribution in [0.4, 0.5) is 0 Å². The maximum absolute atomic E-state index is 3.06. The lowest BCUT2D eigenvalue weighted by Gasteiger charge is -1.88. The van der Waals surface area contributed by atoms with Gasteiger partial charge in [0, 0.05) is 11.2 Å². The van der Waals surface area contributed by atoms with E-state index in [1.807, 2.05) is 0 Å². The zero-order chi connectivity index (χ0) is 4.41. The van der Waals surface area contributed by atoms with Crippen LogP contribution in [0.2, 0.25) is 0 Å². The topological polar surface area (TPSA) is 0 Å². The average molecular weight is 99.2 g/mol. The number of hydrogen-bond donors (Lipinski definition) is 0. The van der Waals surface area contributed by atoms with Crippen LogP contribution >= 0.6 is 11.8 Å². The van der Waals surface area contributed by atoms with Crippen LogP contribution in [0, 0.1) is 11.3 Å². The molecule has 1 aliphatic heterocycles. The molecular formula is C5H7S. The number of rotatable bonds is 0. The minimum atomic E-state index is 0.773. The van der Waals surface area contributed by atoms with Gasteiger partial charge in [-0.3, -0.25) is 0 Å². The zero-order valence-corrected chi connectivity index (χ0v) is 4.59. The van der Waals surface area contributed by atoms with E-state index in [-0.39, 0.29) is 0 Å². The Kier molecular flexibility index (Phi) is 1.20. The Balaban J connectivity index is 2.38. The normalized spacial score (nSPS) is 31.8. The van der Waals surface area contributed by atoms with E-state index in [1.165, 1.54) is 5.75 Å². The highest BCUT2D eigenvalue weighted by Crippen LogP contribution is 2.17. The smallest absolute Gasteiger partial charge is 0.0168 e. The van der Waals surface area contributed by atoms with Crippen LogP contribution < -0.4 is 0 Å². The number of hydrogen-bond acceptors (Lipinski definition) is 1. The van der Waals surface area contributed by atoms with Crippen LogP contribution in [0.3, 0.4) is 0 Å². The Labute approximate surface area is 42.6 Å². The molecule has 1 atom stereocenters. The van der Waals surface area contributed by atoms with Crippen molar-refractivity contribution in [2.45, 2.75) is 6.92 Å². The van der Waals surface area contributed by atoms with Crippen molar-refractivity contribution in [1.82, 2.24) is 0 Å². The fraction of sp³-hybridized carbons (Fsp3) is 0.600. The molecule has 0 aromatic carbocycles. The van der Waals surface area contributed by atoms with Gasteiger partial charge in [0.05, 0.1) is 0 Å². The Hall–Kier alpha value is 0.0900. The van der Waals surface area contributed by atoms with Crippen molar-refractivity contribution in [3.63, 3.8) is 0 Å². The van der Waals surface area contributed by atoms with Gasteiger partial charge in [0.25, 0.3) is 0 Å². The molecule has 0 fully saturated rings. The van der Waals surface area contributed by atoms with Crippen molar-refractivity contribution in [1.29, 1.82) is 0 Å². The van der Waals surface area contributed by atoms with Gasteiger partial charge in [-0.2, -0.15) is 0 Å². The fourth-order valence-corrected chi connectivity index (χ4v) is 1.18. The molecule has 0 spiro atoms. The van der Waals surface area contributed by atoms with Crippen molar-refractivity contribution in [3.05, 3.63) is 11.5 Å². The molecule has 1 heteroatoms. The first kappa shape index (κ1) is 4.25. The first-order valence-electron chi connectivity index (χ1n) is 2.10. The second-order valence-electron chi connectivity index (χ2n) is 1.57. The number of thioether (sulfide) groups is 1. The Morgan fingerprint density at radius 2 is 2.83 bits per heavy atom. The number of allylic oxidation sites excluding steroid dienone is 1. The summed E-state index contributed by atoms with van der Waals surface area (Å²) in [5.41, 5.74) is 0. The van der Waals surface area contributed by atoms with Gasteiger partial charge in [-0.05, 0) is 5.92 Å². The largest absolute Gasteiger partial charge is 0.125 e. The quantitative estimate of drug-likeness (QED) is 0.445. The molecule has 0 aromatic rings. The highest BCUT2D eigenvalue weighted by atomic mass is 32.2. The molecule has 1 aliphatic rings. The van der Waals surface area contributed by atoms with Crippen molar-refractivity contribution in [3.8, 4) is 0 Å². The molecule has 1 unspecified atom stereocenters. The van der Waals surface area contributed by atoms with E-state index in [0.717, 1.165) is 5.92 Å². The molecule has 0 aliphatic carbocycles. The van der Waals surface area contributed by atoms with Crippen LogP contribution in [0.5, 0.6) is 0 Å². The molecule has 0 nitrogen and oxygen atoms in total. The van der Waals surface area contributed by atoms with Gasteiger partial charge in [0.15, 0.2) is 0 Å². The zero-order valence-electron chi connectivity index (χ0n) is 3.77. The lowest BCUT2D eigenvalue weighted by atomic mass is 10.2. The summed E-state index contributed by atoms with van der Waals surface area (Å²) in [6, 6.07) is 0. The van der Waals surface area contributed by atoms with E-state index in [2.05, 4.69) is 18.4 Å². The van der Waals surface area contributed by atoms with Crippen molar-refractivity contribution in [2.24, 2.45) is 5.92 Å². The third-order valence-corrected chi connectivity index (χ3v) is 1.78. The Bertz CT molecular complexity index is 66.3. The third kappa shape index (κ3) is 0.777. The minimum absolute atomic E-state index is 0.773. The fourth-order valence-electron chi connectivity index (χ4n) is 0.392. The summed E-state index contributed by atoms with van der Waals surface area (Å²) in [5.74, 6) is 2.01. The lowest BCUT2D eigenvalue weighted by Crippen LogP contribution is -1.83. The lowest BCUT2D eigenvalue weighted by molar-refractivity contribution is 0.860. The van der Waals surface area contributed by atoms with E-state index in [1.54, 1.807) is 11.8 Å². The van der Waals surface area contributed by atoms with Crippen LogP contribution in [-0.4, -0.2) is 5.75 Å². The van der Waals surface area contributed by atoms with Crippen LogP contribution in [0.25, 0.3) is 0 Å². The predicted octanol–water partition coefficient (Wildman–Crippen LogP) is 1.69. The molecule has 1 radical (unpaired) electrons. The second-order valence-corrected chi connectivity index (χ2v) is 2.43. The van der Waals surface area contributed by atoms with Gasteiger partial charge in [-0.25, -0.2) is 0 Å². The molecule has 1 heterocycles. The molecule has 0 bridgehead atoms. The Morgan fingerprint density at radius 1 is 2.00 bits per heavy atom. The molecule has 0 aromatic heterocycles. The minimum Gasteiger partial charge on any atom is -0.125 e. The molecule has 0 N–H and O–H groups in total. The summed E-state index contributed by atoms with van der Waals surface area (Å²) in [6.45, 7) is 2.20. The van der Waals surface area contributed by atoms with Gasteiger partial charge in [-0.15, -0.1) is 11.8 Å². The maximum atomic E-state index is 3.06. The molecule has 0 amide bonds. The van der Waals surface area contributed by atoms with Crippen molar-refractivity contribution in [2.75, 3.05) is 5.75 Å². The van der Waals surface area contributed by atoms with E-state index in [4.69, 9.17) is 0 Å². The summed E-state index contributed by atoms with van der Waals surface area (Å²) in [4.78, 5) is 0. The first-order chi connectivity index (χ1) is 2.89. The first-order valence-corrected chi connectivity index (χ1v) is 3.09. The highest BCUT2D eigenvalue weighted by Gasteiger charge is 2.00. The average Bonchev–Trinajstić information content (AvgIpc) is 1.86. The highest BCUT2D eigenvalue weighted by molar-refractivity contribution is 8.01. The molecule has 0 saturated heterocycles. The third-order valence-electron chi connectivity index (χ3n) is 0.782. The van der Waals surface area contributed by atoms with E-state index < -0.39 is 0 Å². The molecule has 33 valence electrons. The summed E-state index contributed by atoms with van der Waals surface area (Å²) < 4.78 is 0. The molecular weight excluding hydrogens is 92.1 g/mol. The monoisotopic (exact) mass is 99.0 g/mol. The van der Waals surface area contributed by atoms with Gasteiger partial charge >= 0.3 is 0 Å². The standard InChI is InChI=1S/C5H7S/c1-5-2-3-6-4-5/h2,5H,4H2,1H3. The maximum Gasteiger partial charge on any atom is 0.0168 e. The van der Waals surface area contributed by atoms with Crippen LogP contribution in [-0.2, 0) is 0 Å². The van der Waals surface area contributed by atoms with E-state index in [0.29, 0.717) is 0 Å². The summed E-state index contributed by atoms with van der Waals surface area (Å²) >= 11 is 1.78. The summed E-state index contributed by atoms with van der Waals surface area (Å²) in [5, 5.41) is 3.06. The van der Waals surface area contributed by atoms with Gasteiger partial charge in [0.1, 0.15) is 0 Å². The molecule has 6 heavy (non-hydrogen) atoms. The molecule has 0 saturated carbocycles. The second kappa shape index (κ2) is 1.69. The van der Waals surface area contributed by atoms with Gasteiger partial charge in [0.2, 0.25) is 0 Å². The van der Waals surface area contributed by atoms with Crippen molar-refractivity contribution < 1.29 is 0 Å². The van der Waals surface area contributed by atoms with E-state index in [9.17, 15) is 0 Å². The van der Waals surface area contributed by atoms with Crippen LogP contribution in [0.1, 0.15) is 6.92 Å². The Morgan fingerprint density at radius 3 is 3.00 bits per heavy atom.